The Labute approximate surface area is 140 Å². The number of likely N-dealkylation sites (tertiary alicyclic amines) is 1. The van der Waals surface area contributed by atoms with Gasteiger partial charge in [-0.25, -0.2) is 0 Å². The highest BCUT2D eigenvalue weighted by molar-refractivity contribution is 5.92. The van der Waals surface area contributed by atoms with E-state index in [1.807, 2.05) is 17.0 Å². The predicted molar refractivity (Wildman–Crippen MR) is 86.0 cm³/mol. The smallest absolute Gasteiger partial charge is 0.276 e. The van der Waals surface area contributed by atoms with Crippen molar-refractivity contribution in [3.05, 3.63) is 47.3 Å². The lowest BCUT2D eigenvalue weighted by Crippen LogP contribution is -2.48. The van der Waals surface area contributed by atoms with E-state index in [1.54, 1.807) is 13.2 Å². The molecule has 1 aromatic carbocycles. The number of ether oxygens (including phenoxy) is 2. The molecular formula is C18H20N2O4. The van der Waals surface area contributed by atoms with Crippen LogP contribution in [0.5, 0.6) is 5.75 Å². The van der Waals surface area contributed by atoms with Crippen molar-refractivity contribution in [2.45, 2.75) is 24.9 Å². The lowest BCUT2D eigenvalue weighted by Gasteiger charge is -2.45. The highest BCUT2D eigenvalue weighted by Crippen LogP contribution is 2.45. The molecule has 2 aliphatic heterocycles. The molecule has 2 aliphatic rings. The number of carbonyl (C=O) groups is 1. The Morgan fingerprint density at radius 3 is 2.83 bits per heavy atom. The second-order valence-electron chi connectivity index (χ2n) is 6.26. The molecule has 24 heavy (non-hydrogen) atoms. The van der Waals surface area contributed by atoms with E-state index in [2.05, 4.69) is 11.2 Å². The Morgan fingerprint density at radius 1 is 1.29 bits per heavy atom. The fourth-order valence-corrected chi connectivity index (χ4v) is 3.85. The quantitative estimate of drug-likeness (QED) is 0.847. The van der Waals surface area contributed by atoms with E-state index in [0.29, 0.717) is 25.4 Å². The minimum atomic E-state index is -0.360. The first-order valence-corrected chi connectivity index (χ1v) is 8.23. The van der Waals surface area contributed by atoms with Gasteiger partial charge in [-0.05, 0) is 30.9 Å². The maximum atomic E-state index is 12.4. The van der Waals surface area contributed by atoms with Gasteiger partial charge in [0.2, 0.25) is 0 Å². The molecule has 4 rings (SSSR count). The second-order valence-corrected chi connectivity index (χ2v) is 6.26. The van der Waals surface area contributed by atoms with E-state index in [1.165, 1.54) is 11.8 Å². The van der Waals surface area contributed by atoms with Crippen molar-refractivity contribution in [2.24, 2.45) is 0 Å². The van der Waals surface area contributed by atoms with Gasteiger partial charge in [0.25, 0.3) is 5.91 Å². The molecule has 1 saturated heterocycles. The summed E-state index contributed by atoms with van der Waals surface area (Å²) in [4.78, 5) is 14.3. The van der Waals surface area contributed by atoms with Crippen molar-refractivity contribution in [1.82, 2.24) is 10.1 Å². The van der Waals surface area contributed by atoms with Crippen LogP contribution < -0.4 is 4.74 Å². The molecule has 0 radical (unpaired) electrons. The minimum Gasteiger partial charge on any atom is -0.496 e. The topological polar surface area (TPSA) is 64.8 Å². The molecule has 126 valence electrons. The van der Waals surface area contributed by atoms with Crippen molar-refractivity contribution in [2.75, 3.05) is 26.8 Å². The van der Waals surface area contributed by atoms with Crippen LogP contribution in [0.4, 0.5) is 0 Å². The number of fused-ring (bicyclic) bond motifs is 2. The molecule has 6 nitrogen and oxygen atoms in total. The third-order valence-electron chi connectivity index (χ3n) is 5.05. The normalized spacial score (nSPS) is 19.1. The number of piperidine rings is 1. The molecule has 3 heterocycles. The average molecular weight is 328 g/mol. The number of aromatic nitrogens is 1. The summed E-state index contributed by atoms with van der Waals surface area (Å²) < 4.78 is 16.6. The van der Waals surface area contributed by atoms with Crippen molar-refractivity contribution in [3.8, 4) is 5.75 Å². The molecule has 1 fully saturated rings. The Balaban J connectivity index is 1.59. The van der Waals surface area contributed by atoms with Crippen LogP contribution in [0, 0.1) is 0 Å². The van der Waals surface area contributed by atoms with Gasteiger partial charge in [0.15, 0.2) is 5.69 Å². The molecule has 1 aromatic heterocycles. The number of nitrogens with zero attached hydrogens (tertiary/aromatic N) is 2. The second kappa shape index (κ2) is 5.94. The van der Waals surface area contributed by atoms with Gasteiger partial charge in [0.05, 0.1) is 13.7 Å². The Hall–Kier alpha value is -2.34. The van der Waals surface area contributed by atoms with E-state index in [-0.39, 0.29) is 11.5 Å². The van der Waals surface area contributed by atoms with Gasteiger partial charge < -0.3 is 18.9 Å². The van der Waals surface area contributed by atoms with Gasteiger partial charge in [-0.15, -0.1) is 0 Å². The zero-order chi connectivity index (χ0) is 16.6. The molecule has 0 unspecified atom stereocenters. The Morgan fingerprint density at radius 2 is 2.12 bits per heavy atom. The molecule has 6 heteroatoms. The lowest BCUT2D eigenvalue weighted by molar-refractivity contribution is -0.0947. The van der Waals surface area contributed by atoms with Crippen molar-refractivity contribution in [1.29, 1.82) is 0 Å². The fourth-order valence-electron chi connectivity index (χ4n) is 3.85. The molecule has 1 spiro atoms. The summed E-state index contributed by atoms with van der Waals surface area (Å²) in [5.41, 5.74) is 2.44. The van der Waals surface area contributed by atoms with E-state index < -0.39 is 0 Å². The van der Waals surface area contributed by atoms with E-state index in [4.69, 9.17) is 14.0 Å². The van der Waals surface area contributed by atoms with Crippen LogP contribution in [0.2, 0.25) is 0 Å². The van der Waals surface area contributed by atoms with Gasteiger partial charge in [-0.3, -0.25) is 4.79 Å². The zero-order valence-corrected chi connectivity index (χ0v) is 13.7. The largest absolute Gasteiger partial charge is 0.496 e. The molecule has 0 atom stereocenters. The first kappa shape index (κ1) is 15.2. The van der Waals surface area contributed by atoms with Crippen molar-refractivity contribution < 1.29 is 18.8 Å². The number of rotatable bonds is 2. The number of methoxy groups -OCH3 is 1. The molecule has 1 amide bonds. The molecule has 0 aliphatic carbocycles. The Kier molecular flexibility index (Phi) is 3.76. The third-order valence-corrected chi connectivity index (χ3v) is 5.05. The van der Waals surface area contributed by atoms with Crippen LogP contribution in [-0.2, 0) is 16.8 Å². The van der Waals surface area contributed by atoms with Crippen LogP contribution >= 0.6 is 0 Å². The van der Waals surface area contributed by atoms with Gasteiger partial charge in [-0.1, -0.05) is 17.3 Å². The van der Waals surface area contributed by atoms with Gasteiger partial charge in [0.1, 0.15) is 17.6 Å². The SMILES string of the molecule is COc1cccc2c1C1(CCN(C(=O)c3ccon3)CC1)OCC2. The van der Waals surface area contributed by atoms with E-state index in [0.717, 1.165) is 30.6 Å². The maximum Gasteiger partial charge on any atom is 0.276 e. The van der Waals surface area contributed by atoms with Crippen molar-refractivity contribution in [3.63, 3.8) is 0 Å². The summed E-state index contributed by atoms with van der Waals surface area (Å²) in [7, 11) is 1.70. The molecule has 0 saturated carbocycles. The number of hydrogen-bond acceptors (Lipinski definition) is 5. The standard InChI is InChI=1S/C18H20N2O4/c1-22-15-4-2-3-13-5-11-23-18(16(13)15)7-9-20(10-8-18)17(21)14-6-12-24-19-14/h2-4,6,12H,5,7-11H2,1H3. The first-order chi connectivity index (χ1) is 11.7. The summed E-state index contributed by atoms with van der Waals surface area (Å²) in [6.07, 6.45) is 3.83. The number of amides is 1. The average Bonchev–Trinajstić information content (AvgIpc) is 3.16. The molecule has 2 aromatic rings. The van der Waals surface area contributed by atoms with Crippen LogP contribution in [-0.4, -0.2) is 42.8 Å². The molecular weight excluding hydrogens is 308 g/mol. The molecule has 0 N–H and O–H groups in total. The highest BCUT2D eigenvalue weighted by Gasteiger charge is 2.43. The van der Waals surface area contributed by atoms with E-state index in [9.17, 15) is 4.79 Å². The van der Waals surface area contributed by atoms with Gasteiger partial charge in [-0.2, -0.15) is 0 Å². The van der Waals surface area contributed by atoms with Gasteiger partial charge >= 0.3 is 0 Å². The zero-order valence-electron chi connectivity index (χ0n) is 13.7. The van der Waals surface area contributed by atoms with Crippen molar-refractivity contribution >= 4 is 5.91 Å². The van der Waals surface area contributed by atoms with Crippen LogP contribution in [0.25, 0.3) is 0 Å². The summed E-state index contributed by atoms with van der Waals surface area (Å²) in [5.74, 6) is 0.790. The predicted octanol–water partition coefficient (Wildman–Crippen LogP) is 2.39. The highest BCUT2D eigenvalue weighted by atomic mass is 16.5. The minimum absolute atomic E-state index is 0.0883. The van der Waals surface area contributed by atoms with Crippen LogP contribution in [0.1, 0.15) is 34.5 Å². The fraction of sp³-hybridized carbons (Fsp3) is 0.444. The number of carbonyl (C=O) groups excluding carboxylic acids is 1. The monoisotopic (exact) mass is 328 g/mol. The van der Waals surface area contributed by atoms with Crippen LogP contribution in [0.15, 0.2) is 35.1 Å². The number of benzene rings is 1. The summed E-state index contributed by atoms with van der Waals surface area (Å²) >= 11 is 0. The lowest BCUT2D eigenvalue weighted by atomic mass is 9.78. The third kappa shape index (κ3) is 2.38. The number of hydrogen-bond donors (Lipinski definition) is 0. The first-order valence-electron chi connectivity index (χ1n) is 8.23. The summed E-state index contributed by atoms with van der Waals surface area (Å²) in [6, 6.07) is 7.76. The molecule has 0 bridgehead atoms. The maximum absolute atomic E-state index is 12.4. The Bertz CT molecular complexity index is 719. The summed E-state index contributed by atoms with van der Waals surface area (Å²) in [5, 5.41) is 3.74. The van der Waals surface area contributed by atoms with Crippen LogP contribution in [0.3, 0.4) is 0 Å². The van der Waals surface area contributed by atoms with Gasteiger partial charge in [0, 0.05) is 24.7 Å². The van der Waals surface area contributed by atoms with E-state index >= 15 is 0 Å². The summed E-state index contributed by atoms with van der Waals surface area (Å²) in [6.45, 7) is 1.96.